The number of nitrogens with zero attached hydrogens (tertiary/aromatic N) is 1. The molecule has 3 rings (SSSR count). The molecule has 1 aliphatic carbocycles. The Hall–Kier alpha value is -1.84. The van der Waals surface area contributed by atoms with Crippen LogP contribution in [0.15, 0.2) is 24.3 Å². The van der Waals surface area contributed by atoms with Gasteiger partial charge in [-0.05, 0) is 56.1 Å². The highest BCUT2D eigenvalue weighted by atomic mass is 16.4. The predicted octanol–water partition coefficient (Wildman–Crippen LogP) is 2.65. The van der Waals surface area contributed by atoms with E-state index in [-0.39, 0.29) is 5.91 Å². The summed E-state index contributed by atoms with van der Waals surface area (Å²) in [7, 11) is 0. The lowest BCUT2D eigenvalue weighted by Gasteiger charge is -2.33. The number of amides is 1. The Morgan fingerprint density at radius 2 is 2.05 bits per heavy atom. The number of fused-ring (bicyclic) bond motifs is 1. The molecule has 0 spiro atoms. The summed E-state index contributed by atoms with van der Waals surface area (Å²) in [5.41, 5.74) is 1.72. The van der Waals surface area contributed by atoms with Gasteiger partial charge in [0.2, 0.25) is 5.91 Å². The summed E-state index contributed by atoms with van der Waals surface area (Å²) in [6, 6.07) is 8.41. The first-order chi connectivity index (χ1) is 10.5. The van der Waals surface area contributed by atoms with Crippen LogP contribution in [0.1, 0.15) is 43.7 Å². The summed E-state index contributed by atoms with van der Waals surface area (Å²) in [5.74, 6) is -0.542. The normalized spacial score (nSPS) is 27.5. The molecule has 2 aliphatic rings. The zero-order valence-electron chi connectivity index (χ0n) is 13.0. The number of carboxylic acids is 1. The van der Waals surface area contributed by atoms with Crippen LogP contribution in [0.2, 0.25) is 0 Å². The van der Waals surface area contributed by atoms with Crippen molar-refractivity contribution in [1.29, 1.82) is 0 Å². The van der Waals surface area contributed by atoms with Gasteiger partial charge in [0.05, 0.1) is 0 Å². The van der Waals surface area contributed by atoms with E-state index in [1.165, 1.54) is 11.1 Å². The molecule has 1 N–H and O–H groups in total. The summed E-state index contributed by atoms with van der Waals surface area (Å²) in [4.78, 5) is 25.7. The second-order valence-electron chi connectivity index (χ2n) is 6.81. The average molecular weight is 301 g/mol. The van der Waals surface area contributed by atoms with Crippen molar-refractivity contribution in [3.05, 3.63) is 35.4 Å². The minimum absolute atomic E-state index is 0.00628. The van der Waals surface area contributed by atoms with Crippen LogP contribution in [0.25, 0.3) is 0 Å². The van der Waals surface area contributed by atoms with Gasteiger partial charge in [-0.2, -0.15) is 0 Å². The highest BCUT2D eigenvalue weighted by Gasteiger charge is 2.46. The lowest BCUT2D eigenvalue weighted by atomic mass is 9.82. The largest absolute Gasteiger partial charge is 0.480 e. The third-order valence-corrected chi connectivity index (χ3v) is 5.32. The summed E-state index contributed by atoms with van der Waals surface area (Å²) < 4.78 is 0. The molecule has 22 heavy (non-hydrogen) atoms. The van der Waals surface area contributed by atoms with Crippen LogP contribution < -0.4 is 0 Å². The summed E-state index contributed by atoms with van der Waals surface area (Å²) in [6.07, 6.45) is 4.77. The lowest BCUT2D eigenvalue weighted by molar-refractivity contribution is -0.155. The Bertz CT molecular complexity index is 598. The Kier molecular flexibility index (Phi) is 3.94. The number of carboxylic acid groups (broad SMARTS) is 1. The standard InChI is InChI=1S/C18H23NO3/c1-18(17(21)22)9-4-10-19(18)16(20)12-13-7-8-14-5-2-3-6-15(14)11-13/h2-3,5-6,13H,4,7-12H2,1H3,(H,21,22). The Balaban J connectivity index is 1.67. The fourth-order valence-corrected chi connectivity index (χ4v) is 3.89. The molecule has 0 bridgehead atoms. The maximum Gasteiger partial charge on any atom is 0.329 e. The fourth-order valence-electron chi connectivity index (χ4n) is 3.89. The topological polar surface area (TPSA) is 57.6 Å². The van der Waals surface area contributed by atoms with Gasteiger partial charge in [-0.15, -0.1) is 0 Å². The molecular weight excluding hydrogens is 278 g/mol. The molecular formula is C18H23NO3. The van der Waals surface area contributed by atoms with Gasteiger partial charge < -0.3 is 10.0 Å². The number of aliphatic carboxylic acids is 1. The van der Waals surface area contributed by atoms with Crippen LogP contribution in [0.3, 0.4) is 0 Å². The van der Waals surface area contributed by atoms with Crippen molar-refractivity contribution in [3.63, 3.8) is 0 Å². The first-order valence-electron chi connectivity index (χ1n) is 8.11. The smallest absolute Gasteiger partial charge is 0.329 e. The third-order valence-electron chi connectivity index (χ3n) is 5.32. The predicted molar refractivity (Wildman–Crippen MR) is 83.6 cm³/mol. The van der Waals surface area contributed by atoms with Gasteiger partial charge in [-0.3, -0.25) is 4.79 Å². The monoisotopic (exact) mass is 301 g/mol. The van der Waals surface area contributed by atoms with Crippen molar-refractivity contribution in [2.45, 2.75) is 51.0 Å². The van der Waals surface area contributed by atoms with E-state index in [1.54, 1.807) is 11.8 Å². The van der Waals surface area contributed by atoms with Gasteiger partial charge in [-0.1, -0.05) is 24.3 Å². The maximum atomic E-state index is 12.6. The van der Waals surface area contributed by atoms with Crippen LogP contribution in [0, 0.1) is 5.92 Å². The van der Waals surface area contributed by atoms with Crippen molar-refractivity contribution in [3.8, 4) is 0 Å². The van der Waals surface area contributed by atoms with Crippen LogP contribution in [0.5, 0.6) is 0 Å². The Morgan fingerprint density at radius 3 is 2.77 bits per heavy atom. The first kappa shape index (κ1) is 15.1. The van der Waals surface area contributed by atoms with Crippen molar-refractivity contribution in [2.24, 2.45) is 5.92 Å². The van der Waals surface area contributed by atoms with Gasteiger partial charge in [0, 0.05) is 13.0 Å². The van der Waals surface area contributed by atoms with Crippen LogP contribution >= 0.6 is 0 Å². The first-order valence-corrected chi connectivity index (χ1v) is 8.11. The van der Waals surface area contributed by atoms with E-state index < -0.39 is 11.5 Å². The van der Waals surface area contributed by atoms with Crippen LogP contribution in [-0.2, 0) is 22.4 Å². The molecule has 1 aromatic carbocycles. The SMILES string of the molecule is CC1(C(=O)O)CCCN1C(=O)CC1CCc2ccccc2C1. The van der Waals surface area contributed by atoms with Gasteiger partial charge in [0.15, 0.2) is 0 Å². The van der Waals surface area contributed by atoms with Crippen LogP contribution in [-0.4, -0.2) is 34.0 Å². The molecule has 1 heterocycles. The molecule has 2 atom stereocenters. The number of rotatable bonds is 3. The highest BCUT2D eigenvalue weighted by Crippen LogP contribution is 2.33. The highest BCUT2D eigenvalue weighted by molar-refractivity contribution is 5.87. The van der Waals surface area contributed by atoms with E-state index in [0.717, 1.165) is 25.7 Å². The van der Waals surface area contributed by atoms with Crippen molar-refractivity contribution in [1.82, 2.24) is 4.90 Å². The minimum atomic E-state index is -1.01. The average Bonchev–Trinajstić information content (AvgIpc) is 2.90. The minimum Gasteiger partial charge on any atom is -0.480 e. The van der Waals surface area contributed by atoms with E-state index >= 15 is 0 Å². The second-order valence-corrected chi connectivity index (χ2v) is 6.81. The molecule has 0 radical (unpaired) electrons. The van der Waals surface area contributed by atoms with Gasteiger partial charge in [-0.25, -0.2) is 4.79 Å². The number of hydrogen-bond donors (Lipinski definition) is 1. The number of carbonyl (C=O) groups excluding carboxylic acids is 1. The molecule has 1 aliphatic heterocycles. The summed E-state index contributed by atoms with van der Waals surface area (Å²) >= 11 is 0. The quantitative estimate of drug-likeness (QED) is 0.933. The molecule has 1 fully saturated rings. The van der Waals surface area contributed by atoms with E-state index in [9.17, 15) is 14.7 Å². The van der Waals surface area contributed by atoms with Gasteiger partial charge in [0.1, 0.15) is 5.54 Å². The fraction of sp³-hybridized carbons (Fsp3) is 0.556. The van der Waals surface area contributed by atoms with Gasteiger partial charge >= 0.3 is 5.97 Å². The van der Waals surface area contributed by atoms with E-state index in [2.05, 4.69) is 18.2 Å². The van der Waals surface area contributed by atoms with Crippen LogP contribution in [0.4, 0.5) is 0 Å². The summed E-state index contributed by atoms with van der Waals surface area (Å²) in [6.45, 7) is 2.25. The number of likely N-dealkylation sites (tertiary alicyclic amines) is 1. The third kappa shape index (κ3) is 2.62. The zero-order valence-corrected chi connectivity index (χ0v) is 13.0. The van der Waals surface area contributed by atoms with Gasteiger partial charge in [0.25, 0.3) is 0 Å². The molecule has 0 saturated carbocycles. The van der Waals surface area contributed by atoms with E-state index in [0.29, 0.717) is 25.3 Å². The Labute approximate surface area is 131 Å². The van der Waals surface area contributed by atoms with Crippen molar-refractivity contribution in [2.75, 3.05) is 6.54 Å². The number of aryl methyl sites for hydroxylation is 1. The maximum absolute atomic E-state index is 12.6. The van der Waals surface area contributed by atoms with Crippen molar-refractivity contribution < 1.29 is 14.7 Å². The Morgan fingerprint density at radius 1 is 1.32 bits per heavy atom. The molecule has 4 heteroatoms. The molecule has 1 aromatic rings. The molecule has 118 valence electrons. The van der Waals surface area contributed by atoms with Crippen molar-refractivity contribution >= 4 is 11.9 Å². The van der Waals surface area contributed by atoms with E-state index in [1.807, 2.05) is 6.07 Å². The molecule has 4 nitrogen and oxygen atoms in total. The van der Waals surface area contributed by atoms with E-state index in [4.69, 9.17) is 0 Å². The molecule has 0 aromatic heterocycles. The summed E-state index contributed by atoms with van der Waals surface area (Å²) in [5, 5.41) is 9.43. The number of benzene rings is 1. The molecule has 1 saturated heterocycles. The zero-order chi connectivity index (χ0) is 15.7. The number of carbonyl (C=O) groups is 2. The second kappa shape index (κ2) is 5.75. The number of hydrogen-bond acceptors (Lipinski definition) is 2. The molecule has 2 unspecified atom stereocenters. The molecule has 1 amide bonds. The lowest BCUT2D eigenvalue weighted by Crippen LogP contribution is -2.51.